The molecule has 0 amide bonds. The van der Waals surface area contributed by atoms with Gasteiger partial charge in [0.05, 0.1) is 23.6 Å². The number of halogens is 4. The average molecular weight is 228 g/mol. The predicted molar refractivity (Wildman–Crippen MR) is 45.4 cm³/mol. The van der Waals surface area contributed by atoms with Crippen LogP contribution in [-0.4, -0.2) is 0 Å². The van der Waals surface area contributed by atoms with Gasteiger partial charge in [0.1, 0.15) is 6.07 Å². The summed E-state index contributed by atoms with van der Waals surface area (Å²) in [5.41, 5.74) is -2.69. The number of rotatable bonds is 1. The molecule has 1 aromatic rings. The molecule has 0 atom stereocenters. The molecule has 16 heavy (non-hydrogen) atoms. The van der Waals surface area contributed by atoms with Crippen LogP contribution in [0.15, 0.2) is 12.1 Å². The van der Waals surface area contributed by atoms with Crippen LogP contribution < -0.4 is 0 Å². The first-order chi connectivity index (χ1) is 7.41. The van der Waals surface area contributed by atoms with Crippen LogP contribution in [0.25, 0.3) is 0 Å². The van der Waals surface area contributed by atoms with E-state index in [0.717, 1.165) is 12.1 Å². The molecular formula is C10H4F4N2. The highest BCUT2D eigenvalue weighted by Gasteiger charge is 2.37. The van der Waals surface area contributed by atoms with E-state index < -0.39 is 35.1 Å². The quantitative estimate of drug-likeness (QED) is 0.694. The van der Waals surface area contributed by atoms with E-state index in [0.29, 0.717) is 0 Å². The van der Waals surface area contributed by atoms with Crippen LogP contribution in [-0.2, 0) is 12.6 Å². The van der Waals surface area contributed by atoms with Gasteiger partial charge in [-0.3, -0.25) is 0 Å². The Bertz CT molecular complexity index is 491. The smallest absolute Gasteiger partial charge is 0.205 e. The summed E-state index contributed by atoms with van der Waals surface area (Å²) in [4.78, 5) is 0. The molecular weight excluding hydrogens is 224 g/mol. The van der Waals surface area contributed by atoms with Crippen molar-refractivity contribution >= 4 is 0 Å². The summed E-state index contributed by atoms with van der Waals surface area (Å²) in [6.07, 6.45) is -5.47. The normalized spacial score (nSPS) is 10.6. The van der Waals surface area contributed by atoms with Gasteiger partial charge in [-0.2, -0.15) is 23.7 Å². The topological polar surface area (TPSA) is 47.6 Å². The number of nitrogens with zero attached hydrogens (tertiary/aromatic N) is 2. The Morgan fingerprint density at radius 3 is 2.25 bits per heavy atom. The predicted octanol–water partition coefficient (Wildman–Crippen LogP) is 2.78. The third kappa shape index (κ3) is 2.12. The molecule has 0 fully saturated rings. The summed E-state index contributed by atoms with van der Waals surface area (Å²) in [5.74, 6) is -1.62. The van der Waals surface area contributed by atoms with Crippen LogP contribution in [0.5, 0.6) is 0 Å². The highest BCUT2D eigenvalue weighted by Crippen LogP contribution is 2.35. The summed E-state index contributed by atoms with van der Waals surface area (Å²) >= 11 is 0. The van der Waals surface area contributed by atoms with Crippen molar-refractivity contribution in [3.05, 3.63) is 34.6 Å². The molecule has 0 aromatic heterocycles. The van der Waals surface area contributed by atoms with Gasteiger partial charge in [0.2, 0.25) is 0 Å². The summed E-state index contributed by atoms with van der Waals surface area (Å²) in [6, 6.07) is 4.70. The summed E-state index contributed by atoms with van der Waals surface area (Å²) in [6.45, 7) is 0. The van der Waals surface area contributed by atoms with Crippen LogP contribution in [0.3, 0.4) is 0 Å². The maximum absolute atomic E-state index is 13.3. The van der Waals surface area contributed by atoms with Gasteiger partial charge in [0, 0.05) is 0 Å². The van der Waals surface area contributed by atoms with Gasteiger partial charge in [-0.05, 0) is 11.6 Å². The molecule has 2 nitrogen and oxygen atoms in total. The van der Waals surface area contributed by atoms with Gasteiger partial charge < -0.3 is 0 Å². The molecule has 0 spiro atoms. The second-order valence-corrected chi connectivity index (χ2v) is 2.91. The Hall–Kier alpha value is -2.08. The number of nitriles is 2. The molecule has 0 radical (unpaired) electrons. The third-order valence-corrected chi connectivity index (χ3v) is 1.90. The molecule has 0 saturated heterocycles. The lowest BCUT2D eigenvalue weighted by Gasteiger charge is -2.12. The number of alkyl halides is 3. The Morgan fingerprint density at radius 1 is 1.19 bits per heavy atom. The van der Waals surface area contributed by atoms with Gasteiger partial charge in [0.25, 0.3) is 0 Å². The van der Waals surface area contributed by atoms with Crippen LogP contribution in [0, 0.1) is 28.5 Å². The van der Waals surface area contributed by atoms with Crippen molar-refractivity contribution < 1.29 is 17.6 Å². The lowest BCUT2D eigenvalue weighted by atomic mass is 10.0. The minimum Gasteiger partial charge on any atom is -0.205 e. The van der Waals surface area contributed by atoms with Gasteiger partial charge >= 0.3 is 6.18 Å². The monoisotopic (exact) mass is 228 g/mol. The van der Waals surface area contributed by atoms with Crippen molar-refractivity contribution in [1.82, 2.24) is 0 Å². The molecule has 1 aromatic carbocycles. The molecule has 0 bridgehead atoms. The fourth-order valence-corrected chi connectivity index (χ4v) is 1.24. The lowest BCUT2D eigenvalue weighted by molar-refractivity contribution is -0.140. The Kier molecular flexibility index (Phi) is 3.14. The molecule has 1 rings (SSSR count). The molecule has 6 heteroatoms. The first-order valence-electron chi connectivity index (χ1n) is 4.07. The first-order valence-corrected chi connectivity index (χ1v) is 4.07. The number of hydrogen-bond donors (Lipinski definition) is 0. The fraction of sp³-hybridized carbons (Fsp3) is 0.200. The van der Waals surface area contributed by atoms with E-state index in [1.54, 1.807) is 0 Å². The maximum Gasteiger partial charge on any atom is 0.419 e. The highest BCUT2D eigenvalue weighted by atomic mass is 19.4. The summed E-state index contributed by atoms with van der Waals surface area (Å²) < 4.78 is 50.8. The van der Waals surface area contributed by atoms with Crippen molar-refractivity contribution in [1.29, 1.82) is 10.5 Å². The molecule has 0 unspecified atom stereocenters. The fourth-order valence-electron chi connectivity index (χ4n) is 1.24. The molecule has 0 saturated carbocycles. The van der Waals surface area contributed by atoms with Gasteiger partial charge in [-0.1, -0.05) is 6.07 Å². The zero-order chi connectivity index (χ0) is 12.3. The average Bonchev–Trinajstić information content (AvgIpc) is 2.16. The van der Waals surface area contributed by atoms with E-state index in [2.05, 4.69) is 0 Å². The van der Waals surface area contributed by atoms with Crippen LogP contribution in [0.4, 0.5) is 17.6 Å². The van der Waals surface area contributed by atoms with Crippen LogP contribution in [0.1, 0.15) is 16.7 Å². The molecule has 0 heterocycles. The van der Waals surface area contributed by atoms with Crippen molar-refractivity contribution in [2.45, 2.75) is 12.6 Å². The SMILES string of the molecule is N#CCc1ccc(C#N)c(F)c1C(F)(F)F. The van der Waals surface area contributed by atoms with E-state index >= 15 is 0 Å². The van der Waals surface area contributed by atoms with Crippen molar-refractivity contribution in [3.8, 4) is 12.1 Å². The van der Waals surface area contributed by atoms with E-state index in [1.165, 1.54) is 12.1 Å². The maximum atomic E-state index is 13.3. The zero-order valence-electron chi connectivity index (χ0n) is 7.77. The van der Waals surface area contributed by atoms with Gasteiger partial charge in [-0.25, -0.2) is 4.39 Å². The van der Waals surface area contributed by atoms with E-state index in [9.17, 15) is 17.6 Å². The van der Waals surface area contributed by atoms with Crippen molar-refractivity contribution in [3.63, 3.8) is 0 Å². The second kappa shape index (κ2) is 4.19. The Labute approximate surface area is 88.3 Å². The van der Waals surface area contributed by atoms with Crippen LogP contribution >= 0.6 is 0 Å². The zero-order valence-corrected chi connectivity index (χ0v) is 7.77. The second-order valence-electron chi connectivity index (χ2n) is 2.91. The summed E-state index contributed by atoms with van der Waals surface area (Å²) in [5, 5.41) is 16.7. The molecule has 0 aliphatic rings. The molecule has 0 aliphatic heterocycles. The van der Waals surface area contributed by atoms with E-state index in [1.807, 2.05) is 0 Å². The summed E-state index contributed by atoms with van der Waals surface area (Å²) in [7, 11) is 0. The third-order valence-electron chi connectivity index (χ3n) is 1.90. The minimum atomic E-state index is -4.91. The number of hydrogen-bond acceptors (Lipinski definition) is 2. The Morgan fingerprint density at radius 2 is 1.81 bits per heavy atom. The Balaban J connectivity index is 3.52. The molecule has 0 N–H and O–H groups in total. The number of benzene rings is 1. The van der Waals surface area contributed by atoms with E-state index in [4.69, 9.17) is 10.5 Å². The standard InChI is InChI=1S/C10H4F4N2/c11-9-7(5-16)2-1-6(3-4-15)8(9)10(12,13)14/h1-2H,3H2. The van der Waals surface area contributed by atoms with Crippen molar-refractivity contribution in [2.75, 3.05) is 0 Å². The minimum absolute atomic E-state index is 0.466. The molecule has 82 valence electrons. The van der Waals surface area contributed by atoms with Crippen LogP contribution in [0.2, 0.25) is 0 Å². The lowest BCUT2D eigenvalue weighted by Crippen LogP contribution is -2.13. The van der Waals surface area contributed by atoms with Gasteiger partial charge in [-0.15, -0.1) is 0 Å². The largest absolute Gasteiger partial charge is 0.419 e. The van der Waals surface area contributed by atoms with Gasteiger partial charge in [0.15, 0.2) is 5.82 Å². The van der Waals surface area contributed by atoms with E-state index in [-0.39, 0.29) is 0 Å². The first kappa shape index (κ1) is 12.0. The molecule has 0 aliphatic carbocycles. The van der Waals surface area contributed by atoms with Crippen molar-refractivity contribution in [2.24, 2.45) is 0 Å². The highest BCUT2D eigenvalue weighted by molar-refractivity contribution is 5.42.